The highest BCUT2D eigenvalue weighted by Crippen LogP contribution is 2.41. The standard InChI is InChI=1S/C33H34ClNOS.C2H4O2.Mg.2H/c1-33(2,36)30-9-4-3-7-25(30)15-19-32(37-22-24-10-11-24)27-8-5-6-23(20-27)12-17-29-18-14-26-13-16-28(34)21-31(26)35-29;1-2(3)4;;;/h3-9,12-14,16-18,20-21,24,32,36H,10-11,15,19,22H2,1-2H3;1H3,(H,3,4);;;/b17-12+;;;;. The van der Waals surface area contributed by atoms with Crippen LogP contribution in [0.1, 0.15) is 73.2 Å². The van der Waals surface area contributed by atoms with E-state index < -0.39 is 11.6 Å². The van der Waals surface area contributed by atoms with Gasteiger partial charge in [-0.3, -0.25) is 4.79 Å². The van der Waals surface area contributed by atoms with Crippen LogP contribution in [-0.2, 0) is 16.8 Å². The molecule has 0 spiro atoms. The van der Waals surface area contributed by atoms with Gasteiger partial charge in [0, 0.05) is 22.6 Å². The molecule has 1 aliphatic rings. The largest absolute Gasteiger partial charge is 0.481 e. The van der Waals surface area contributed by atoms with E-state index in [1.54, 1.807) is 0 Å². The summed E-state index contributed by atoms with van der Waals surface area (Å²) in [7, 11) is 0. The summed E-state index contributed by atoms with van der Waals surface area (Å²) in [6.45, 7) is 4.83. The molecular weight excluding hydrogens is 574 g/mol. The van der Waals surface area contributed by atoms with Crippen LogP contribution >= 0.6 is 23.4 Å². The Kier molecular flexibility index (Phi) is 12.9. The van der Waals surface area contributed by atoms with Crippen LogP contribution in [0.5, 0.6) is 0 Å². The minimum atomic E-state index is -0.833. The van der Waals surface area contributed by atoms with Crippen LogP contribution in [0, 0.1) is 5.92 Å². The number of carbonyl (C=O) groups is 1. The van der Waals surface area contributed by atoms with Gasteiger partial charge in [0.2, 0.25) is 0 Å². The summed E-state index contributed by atoms with van der Waals surface area (Å²) < 4.78 is 0. The highest BCUT2D eigenvalue weighted by molar-refractivity contribution is 7.99. The molecule has 0 radical (unpaired) electrons. The van der Waals surface area contributed by atoms with E-state index in [0.717, 1.165) is 47.8 Å². The molecule has 0 bridgehead atoms. The first-order valence-electron chi connectivity index (χ1n) is 14.0. The maximum absolute atomic E-state index is 10.7. The molecule has 4 aromatic rings. The summed E-state index contributed by atoms with van der Waals surface area (Å²) in [5.41, 5.74) is 5.81. The Labute approximate surface area is 274 Å². The lowest BCUT2D eigenvalue weighted by Gasteiger charge is -2.23. The van der Waals surface area contributed by atoms with Crippen molar-refractivity contribution in [2.24, 2.45) is 5.92 Å². The fraction of sp³-hybridized carbons (Fsp3) is 0.314. The first-order chi connectivity index (χ1) is 19.6. The lowest BCUT2D eigenvalue weighted by Crippen LogP contribution is -2.18. The van der Waals surface area contributed by atoms with E-state index in [1.807, 2.05) is 44.2 Å². The number of rotatable bonds is 10. The third-order valence-electron chi connectivity index (χ3n) is 6.99. The van der Waals surface area contributed by atoms with Crippen molar-refractivity contribution in [1.29, 1.82) is 0 Å². The molecule has 1 aromatic heterocycles. The van der Waals surface area contributed by atoms with Crippen molar-refractivity contribution in [3.8, 4) is 0 Å². The van der Waals surface area contributed by atoms with Crippen LogP contribution in [-0.4, -0.2) is 50.0 Å². The molecule has 0 amide bonds. The number of aryl methyl sites for hydroxylation is 1. The molecule has 1 saturated carbocycles. The average molecular weight is 615 g/mol. The van der Waals surface area contributed by atoms with Crippen LogP contribution in [0.4, 0.5) is 0 Å². The highest BCUT2D eigenvalue weighted by Gasteiger charge is 2.25. The maximum Gasteiger partial charge on any atom is 0.316 e. The first-order valence-corrected chi connectivity index (χ1v) is 15.5. The van der Waals surface area contributed by atoms with Gasteiger partial charge in [0.1, 0.15) is 0 Å². The van der Waals surface area contributed by atoms with Gasteiger partial charge in [-0.1, -0.05) is 78.3 Å². The fourth-order valence-electron chi connectivity index (χ4n) is 4.75. The van der Waals surface area contributed by atoms with Crippen LogP contribution in [0.3, 0.4) is 0 Å². The molecule has 1 aliphatic carbocycles. The summed E-state index contributed by atoms with van der Waals surface area (Å²) in [6.07, 6.45) is 8.96. The number of aliphatic hydroxyl groups is 1. The summed E-state index contributed by atoms with van der Waals surface area (Å²) in [5.74, 6) is 1.27. The monoisotopic (exact) mass is 613 g/mol. The zero-order chi connectivity index (χ0) is 29.4. The molecule has 1 atom stereocenters. The number of nitrogens with zero attached hydrogens (tertiary/aromatic N) is 1. The molecule has 1 unspecified atom stereocenters. The molecule has 42 heavy (non-hydrogen) atoms. The molecule has 1 fully saturated rings. The highest BCUT2D eigenvalue weighted by atomic mass is 35.5. The molecule has 0 aliphatic heterocycles. The predicted octanol–water partition coefficient (Wildman–Crippen LogP) is 8.28. The van der Waals surface area contributed by atoms with Gasteiger partial charge in [-0.05, 0) is 97.7 Å². The first kappa shape index (κ1) is 34.1. The average Bonchev–Trinajstić information content (AvgIpc) is 3.76. The van der Waals surface area contributed by atoms with E-state index in [9.17, 15) is 5.11 Å². The molecule has 218 valence electrons. The number of pyridine rings is 1. The van der Waals surface area contributed by atoms with Gasteiger partial charge in [0.15, 0.2) is 0 Å². The number of carboxylic acid groups (broad SMARTS) is 1. The van der Waals surface area contributed by atoms with Gasteiger partial charge < -0.3 is 10.2 Å². The summed E-state index contributed by atoms with van der Waals surface area (Å²) >= 11 is 8.26. The van der Waals surface area contributed by atoms with E-state index in [-0.39, 0.29) is 23.1 Å². The second-order valence-electron chi connectivity index (χ2n) is 11.1. The SMILES string of the molecule is CC(=O)O.CC(C)(O)c1ccccc1CCC(SCC1CC1)c1cccc(/C=C/c2ccc3ccc(Cl)cc3n2)c1.[MgH2]. The van der Waals surface area contributed by atoms with Crippen molar-refractivity contribution in [1.82, 2.24) is 4.98 Å². The third-order valence-corrected chi connectivity index (χ3v) is 8.80. The van der Waals surface area contributed by atoms with Crippen molar-refractivity contribution in [3.05, 3.63) is 112 Å². The van der Waals surface area contributed by atoms with Gasteiger partial charge in [-0.15, -0.1) is 0 Å². The lowest BCUT2D eigenvalue weighted by atomic mass is 9.90. The summed E-state index contributed by atoms with van der Waals surface area (Å²) in [4.78, 5) is 13.8. The van der Waals surface area contributed by atoms with Gasteiger partial charge in [-0.25, -0.2) is 4.98 Å². The van der Waals surface area contributed by atoms with Gasteiger partial charge in [-0.2, -0.15) is 11.8 Å². The Hall–Kier alpha value is -2.35. The molecule has 3 aromatic carbocycles. The number of thioether (sulfide) groups is 1. The second-order valence-corrected chi connectivity index (χ2v) is 12.8. The molecule has 7 heteroatoms. The molecule has 0 saturated heterocycles. The van der Waals surface area contributed by atoms with Gasteiger partial charge >= 0.3 is 23.1 Å². The number of hydrogen-bond donors (Lipinski definition) is 2. The van der Waals surface area contributed by atoms with E-state index in [1.165, 1.54) is 35.3 Å². The number of hydrogen-bond acceptors (Lipinski definition) is 4. The molecule has 5 rings (SSSR count). The van der Waals surface area contributed by atoms with Gasteiger partial charge in [0.25, 0.3) is 5.97 Å². The fourth-order valence-corrected chi connectivity index (χ4v) is 6.38. The van der Waals surface area contributed by atoms with Crippen molar-refractivity contribution in [2.75, 3.05) is 5.75 Å². The molecule has 1 heterocycles. The van der Waals surface area contributed by atoms with Crippen LogP contribution in [0.2, 0.25) is 5.02 Å². The molecular formula is C35H40ClMgNO3S. The Morgan fingerprint density at radius 3 is 2.48 bits per heavy atom. The number of aromatic nitrogens is 1. The number of halogens is 1. The van der Waals surface area contributed by atoms with Crippen LogP contribution in [0.15, 0.2) is 78.9 Å². The van der Waals surface area contributed by atoms with Crippen molar-refractivity contribution >= 4 is 75.4 Å². The minimum Gasteiger partial charge on any atom is -0.481 e. The van der Waals surface area contributed by atoms with Crippen molar-refractivity contribution < 1.29 is 15.0 Å². The van der Waals surface area contributed by atoms with E-state index >= 15 is 0 Å². The zero-order valence-electron chi connectivity index (χ0n) is 23.9. The number of fused-ring (bicyclic) bond motifs is 1. The van der Waals surface area contributed by atoms with E-state index in [4.69, 9.17) is 26.5 Å². The number of aliphatic carboxylic acids is 1. The maximum atomic E-state index is 10.7. The lowest BCUT2D eigenvalue weighted by molar-refractivity contribution is -0.134. The number of carboxylic acids is 1. The normalized spacial score (nSPS) is 13.7. The molecule has 2 N–H and O–H groups in total. The predicted molar refractivity (Wildman–Crippen MR) is 182 cm³/mol. The molecule has 4 nitrogen and oxygen atoms in total. The minimum absolute atomic E-state index is 0. The van der Waals surface area contributed by atoms with Crippen LogP contribution < -0.4 is 0 Å². The Morgan fingerprint density at radius 2 is 1.76 bits per heavy atom. The van der Waals surface area contributed by atoms with Gasteiger partial charge in [0.05, 0.1) is 16.8 Å². The quantitative estimate of drug-likeness (QED) is 0.176. The third kappa shape index (κ3) is 10.7. The van der Waals surface area contributed by atoms with Crippen LogP contribution in [0.25, 0.3) is 23.1 Å². The van der Waals surface area contributed by atoms with E-state index in [0.29, 0.717) is 10.3 Å². The Morgan fingerprint density at radius 1 is 1.05 bits per heavy atom. The Balaban J connectivity index is 0.000000911. The second kappa shape index (κ2) is 15.9. The smallest absolute Gasteiger partial charge is 0.316 e. The van der Waals surface area contributed by atoms with Crippen molar-refractivity contribution in [2.45, 2.75) is 57.3 Å². The van der Waals surface area contributed by atoms with E-state index in [2.05, 4.69) is 72.4 Å². The summed E-state index contributed by atoms with van der Waals surface area (Å²) in [6, 6.07) is 27.2. The zero-order valence-corrected chi connectivity index (χ0v) is 25.5. The number of benzene rings is 3. The Bertz CT molecular complexity index is 1510. The van der Waals surface area contributed by atoms with Crippen molar-refractivity contribution in [3.63, 3.8) is 0 Å². The summed E-state index contributed by atoms with van der Waals surface area (Å²) in [5, 5.41) is 20.3. The topological polar surface area (TPSA) is 70.4 Å².